The van der Waals surface area contributed by atoms with Gasteiger partial charge in [-0.15, -0.1) is 0 Å². The first-order valence-electron chi connectivity index (χ1n) is 20.1. The minimum atomic E-state index is -0.288. The normalized spacial score (nSPS) is 10.9. The van der Waals surface area contributed by atoms with Gasteiger partial charge in [0.15, 0.2) is 23.3 Å². The second kappa shape index (κ2) is 24.5. The quantitative estimate of drug-likeness (QED) is 0.0886. The van der Waals surface area contributed by atoms with Crippen LogP contribution in [-0.2, 0) is 42.7 Å². The van der Waals surface area contributed by atoms with Crippen LogP contribution in [0, 0.1) is 0 Å². The first kappa shape index (κ1) is 54.8. The molecule has 8 rings (SSSR count). The van der Waals surface area contributed by atoms with Gasteiger partial charge >= 0.3 is 51.4 Å². The van der Waals surface area contributed by atoms with E-state index in [1.807, 2.05) is 92.3 Å². The van der Waals surface area contributed by atoms with Crippen molar-refractivity contribution in [2.45, 2.75) is 71.8 Å². The van der Waals surface area contributed by atoms with Crippen LogP contribution in [0.2, 0.25) is 10.0 Å². The molecule has 0 saturated carbocycles. The third-order valence-corrected chi connectivity index (χ3v) is 9.75. The van der Waals surface area contributed by atoms with E-state index in [9.17, 15) is 9.59 Å². The molecule has 350 valence electrons. The summed E-state index contributed by atoms with van der Waals surface area (Å²) in [6.07, 6.45) is 12.1. The Balaban J connectivity index is 0.000000248. The predicted octanol–water partition coefficient (Wildman–Crippen LogP) is 3.95. The summed E-state index contributed by atoms with van der Waals surface area (Å²) in [4.78, 5) is 56.0. The third kappa shape index (κ3) is 15.4. The van der Waals surface area contributed by atoms with Gasteiger partial charge in [0.1, 0.15) is 18.5 Å². The molecule has 0 amide bonds. The third-order valence-electron chi connectivity index (χ3n) is 9.05. The van der Waals surface area contributed by atoms with E-state index >= 15 is 0 Å². The van der Waals surface area contributed by atoms with E-state index in [0.29, 0.717) is 58.2 Å². The van der Waals surface area contributed by atoms with Gasteiger partial charge in [-0.3, -0.25) is 14.2 Å². The molecule has 0 aliphatic rings. The van der Waals surface area contributed by atoms with E-state index in [-0.39, 0.29) is 91.7 Å². The number of Topliss-reactive ketones (excluding diaryl/α,β-unsaturated/α-hetero) is 1. The van der Waals surface area contributed by atoms with Crippen molar-refractivity contribution in [1.82, 2.24) is 69.7 Å². The minimum Gasteiger partial charge on any atom is -0.870 e. The number of aryl methyl sites for hydroxylation is 3. The van der Waals surface area contributed by atoms with Gasteiger partial charge in [0.25, 0.3) is 5.89 Å². The van der Waals surface area contributed by atoms with E-state index in [0.717, 1.165) is 33.6 Å². The SMILES string of the molecule is CC(C)(C)c1noc([C-]=O)n1.Cn1cc(Nc2ncnc(-c3ccc(CCC(=O)c4nc(C(C)(C)C)no4)c(Cl)c3)n2)cn1.Cn1cc(Nc2ncnc(-c3ccc(CN)c(Cl)c3)n2)cn1.[K+].[OH-]. The molecule has 22 nitrogen and oxygen atoms in total. The second-order valence-corrected chi connectivity index (χ2v) is 17.3. The minimum absolute atomic E-state index is 0. The Morgan fingerprint density at radius 2 is 1.21 bits per heavy atom. The number of hydrogen-bond donors (Lipinski definition) is 3. The zero-order valence-electron chi connectivity index (χ0n) is 38.7. The van der Waals surface area contributed by atoms with Crippen LogP contribution >= 0.6 is 23.2 Å². The second-order valence-electron chi connectivity index (χ2n) is 16.5. The summed E-state index contributed by atoms with van der Waals surface area (Å²) in [5, 5.41) is 23.0. The Morgan fingerprint density at radius 3 is 1.60 bits per heavy atom. The van der Waals surface area contributed by atoms with Crippen LogP contribution in [0.1, 0.15) is 87.3 Å². The number of halogens is 2. The molecular weight excluding hydrogens is 945 g/mol. The van der Waals surface area contributed by atoms with Crippen LogP contribution in [0.25, 0.3) is 22.8 Å². The van der Waals surface area contributed by atoms with Crippen LogP contribution in [-0.4, -0.2) is 87.3 Å². The molecular formula is C43H47Cl2KN17O5-. The van der Waals surface area contributed by atoms with E-state index < -0.39 is 0 Å². The zero-order valence-corrected chi connectivity index (χ0v) is 43.4. The number of nitrogens with one attached hydrogen (secondary N) is 2. The molecule has 0 saturated heterocycles. The standard InChI is InChI=1S/C22H23ClN8O2.C14H14ClN7.C7H9N2O2.K.H2O/c1-22(2,3)20-29-19(33-30-20)17(32)8-7-13-5-6-14(9-16(13)23)18-24-12-25-21(28-18)27-15-10-26-31(4)11-15;1-22-7-11(6-19-22)20-14-18-8-17-13(21-14)9-2-3-10(5-16)12(15)4-9;1-7(2,3)6-8-5(4-10)11-9-6;;/h5-6,9-12H,7-8H2,1-4H3,(H,24,25,27,28);2-4,6-8H,5,16H2,1H3,(H,17,18,20,21);1-3H3;;1H2/q;;-1;+1;/p-1. The molecule has 0 unspecified atom stereocenters. The summed E-state index contributed by atoms with van der Waals surface area (Å²) in [7, 11) is 3.66. The molecule has 8 aromatic rings. The number of ketones is 1. The first-order valence-corrected chi connectivity index (χ1v) is 20.9. The maximum absolute atomic E-state index is 12.5. The average Bonchev–Trinajstić information content (AvgIpc) is 4.12. The van der Waals surface area contributed by atoms with Crippen LogP contribution < -0.4 is 67.8 Å². The maximum atomic E-state index is 12.5. The summed E-state index contributed by atoms with van der Waals surface area (Å²) in [5.41, 5.74) is 9.95. The Kier molecular flexibility index (Phi) is 19.8. The molecule has 0 aliphatic heterocycles. The topological polar surface area (TPSA) is 305 Å². The number of benzene rings is 2. The van der Waals surface area contributed by atoms with Crippen molar-refractivity contribution in [1.29, 1.82) is 0 Å². The number of nitrogens with zero attached hydrogens (tertiary/aromatic N) is 14. The molecule has 68 heavy (non-hydrogen) atoms. The van der Waals surface area contributed by atoms with Gasteiger partial charge in [0.2, 0.25) is 17.7 Å². The van der Waals surface area contributed by atoms with Crippen molar-refractivity contribution in [3.63, 3.8) is 0 Å². The Morgan fingerprint density at radius 1 is 0.721 bits per heavy atom. The Labute approximate surface area is 443 Å². The smallest absolute Gasteiger partial charge is 0.870 e. The van der Waals surface area contributed by atoms with Crippen molar-refractivity contribution in [2.24, 2.45) is 19.8 Å². The van der Waals surface area contributed by atoms with E-state index in [2.05, 4.69) is 75.5 Å². The molecule has 0 spiro atoms. The van der Waals surface area contributed by atoms with Crippen molar-refractivity contribution in [3.8, 4) is 22.8 Å². The largest absolute Gasteiger partial charge is 1.00 e. The summed E-state index contributed by atoms with van der Waals surface area (Å²) >= 11 is 12.7. The number of carbonyl (C=O) groups is 1. The van der Waals surface area contributed by atoms with E-state index in [1.54, 1.807) is 33.9 Å². The molecule has 6 heterocycles. The average molecular weight is 992 g/mol. The van der Waals surface area contributed by atoms with Gasteiger partial charge in [0.05, 0.1) is 23.8 Å². The van der Waals surface area contributed by atoms with Crippen LogP contribution in [0.3, 0.4) is 0 Å². The molecule has 0 bridgehead atoms. The van der Waals surface area contributed by atoms with Gasteiger partial charge in [-0.1, -0.05) is 99.3 Å². The van der Waals surface area contributed by atoms with Crippen molar-refractivity contribution >= 4 is 58.5 Å². The number of hydrogen-bond acceptors (Lipinski definition) is 20. The summed E-state index contributed by atoms with van der Waals surface area (Å²) < 4.78 is 13.0. The number of aromatic nitrogens is 14. The monoisotopic (exact) mass is 990 g/mol. The van der Waals surface area contributed by atoms with Crippen LogP contribution in [0.4, 0.5) is 23.3 Å². The zero-order chi connectivity index (χ0) is 47.6. The number of anilines is 4. The van der Waals surface area contributed by atoms with Gasteiger partial charge in [-0.25, -0.2) is 24.9 Å². The van der Waals surface area contributed by atoms with E-state index in [4.69, 9.17) is 33.5 Å². The predicted molar refractivity (Wildman–Crippen MR) is 247 cm³/mol. The molecule has 0 fully saturated rings. The molecule has 0 atom stereocenters. The molecule has 25 heteroatoms. The van der Waals surface area contributed by atoms with Crippen LogP contribution in [0.15, 0.2) is 82.9 Å². The molecule has 0 radical (unpaired) electrons. The van der Waals surface area contributed by atoms with Gasteiger partial charge < -0.3 is 35.7 Å². The van der Waals surface area contributed by atoms with Crippen molar-refractivity contribution < 1.29 is 75.5 Å². The molecule has 6 aromatic heterocycles. The van der Waals surface area contributed by atoms with Crippen molar-refractivity contribution in [3.05, 3.63) is 118 Å². The fourth-order valence-corrected chi connectivity index (χ4v) is 6.06. The Hall–Kier alpha value is -5.76. The fourth-order valence-electron chi connectivity index (χ4n) is 5.53. The molecule has 2 aromatic carbocycles. The van der Waals surface area contributed by atoms with Gasteiger partial charge in [-0.2, -0.15) is 31.4 Å². The first-order chi connectivity index (χ1) is 31.4. The number of nitrogens with two attached hydrogens (primary N) is 1. The number of rotatable bonds is 12. The summed E-state index contributed by atoms with van der Waals surface area (Å²) in [5.74, 6) is 2.58. The summed E-state index contributed by atoms with van der Waals surface area (Å²) in [6, 6.07) is 11.0. The summed E-state index contributed by atoms with van der Waals surface area (Å²) in [6.45, 7) is 12.1. The fraction of sp³-hybridized carbons (Fsp3) is 0.302. The van der Waals surface area contributed by atoms with Crippen LogP contribution in [0.5, 0.6) is 0 Å². The number of carbonyl (C=O) groups excluding carboxylic acids is 2. The van der Waals surface area contributed by atoms with Crippen molar-refractivity contribution in [2.75, 3.05) is 10.6 Å². The maximum Gasteiger partial charge on any atom is 1.00 e. The molecule has 5 N–H and O–H groups in total. The molecule has 0 aliphatic carbocycles. The van der Waals surface area contributed by atoms with E-state index in [1.165, 1.54) is 18.9 Å². The van der Waals surface area contributed by atoms with Gasteiger partial charge in [0, 0.05) is 71.5 Å². The van der Waals surface area contributed by atoms with Gasteiger partial charge in [-0.05, 0) is 29.7 Å². The Bertz CT molecular complexity index is 2920.